The second-order valence-electron chi connectivity index (χ2n) is 14.5. The molecule has 0 saturated carbocycles. The van der Waals surface area contributed by atoms with Crippen molar-refractivity contribution in [1.29, 1.82) is 0 Å². The van der Waals surface area contributed by atoms with Gasteiger partial charge in [-0.25, -0.2) is 0 Å². The Morgan fingerprint density at radius 1 is 0.481 bits per heavy atom. The van der Waals surface area contributed by atoms with Crippen molar-refractivity contribution in [1.82, 2.24) is 0 Å². The molecule has 6 nitrogen and oxygen atoms in total. The number of nitrogens with zero attached hydrogens (tertiary/aromatic N) is 4. The second kappa shape index (κ2) is 21.6. The molecule has 0 saturated heterocycles. The third kappa shape index (κ3) is 11.2. The van der Waals surface area contributed by atoms with Crippen molar-refractivity contribution < 1.29 is 77.2 Å². The van der Waals surface area contributed by atoms with Crippen molar-refractivity contribution in [2.75, 3.05) is 36.0 Å². The minimum atomic E-state index is -0.196. The Kier molecular flexibility index (Phi) is 19.7. The molecule has 0 unspecified atom stereocenters. The summed E-state index contributed by atoms with van der Waals surface area (Å²) in [7, 11) is 0. The predicted molar refractivity (Wildman–Crippen MR) is 204 cm³/mol. The van der Waals surface area contributed by atoms with Crippen molar-refractivity contribution >= 4 is 35.4 Å². The molecule has 0 radical (unpaired) electrons. The Hall–Kier alpha value is -2.69. The van der Waals surface area contributed by atoms with Crippen LogP contribution in [0.25, 0.3) is 0 Å². The van der Waals surface area contributed by atoms with Crippen molar-refractivity contribution in [3.63, 3.8) is 0 Å². The largest absolute Gasteiger partial charge is 2.00 e. The number of anilines is 2. The molecule has 2 aliphatic heterocycles. The van der Waals surface area contributed by atoms with Gasteiger partial charge in [0.1, 0.15) is 0 Å². The third-order valence-electron chi connectivity index (χ3n) is 9.72. The SMILES string of the molecule is Cc1cc(C)c(N2[C-]=[N+](c3c(C)cc(C)cc3C[O-])CCC2)c(C)c1.Cc1cc(C)c([N+]2=[C-]N(c3c(C)cc(C)cc3C[O-])CCC2)c(C)c1.[Cl-].[Cl-].[Ni+2].[Ni+2]. The van der Waals surface area contributed by atoms with Crippen LogP contribution in [0.4, 0.5) is 22.7 Å². The topological polar surface area (TPSA) is 58.6 Å². The molecular formula is C44H54Cl2N4Ni2O2. The fourth-order valence-electron chi connectivity index (χ4n) is 8.20. The molecular weight excluding hydrogens is 805 g/mol. The summed E-state index contributed by atoms with van der Waals surface area (Å²) in [6.45, 7) is 24.5. The summed E-state index contributed by atoms with van der Waals surface area (Å²) in [5.41, 5.74) is 18.5. The summed E-state index contributed by atoms with van der Waals surface area (Å²) in [4.78, 5) is 4.37. The average Bonchev–Trinajstić information content (AvgIpc) is 3.03. The van der Waals surface area contributed by atoms with E-state index in [0.29, 0.717) is 0 Å². The summed E-state index contributed by atoms with van der Waals surface area (Å²) in [5, 5.41) is 23.5. The van der Waals surface area contributed by atoms with E-state index >= 15 is 0 Å². The summed E-state index contributed by atoms with van der Waals surface area (Å²) in [5.74, 6) is 0. The van der Waals surface area contributed by atoms with Gasteiger partial charge in [-0.1, -0.05) is 115 Å². The minimum absolute atomic E-state index is 0. The Morgan fingerprint density at radius 2 is 0.815 bits per heavy atom. The van der Waals surface area contributed by atoms with Crippen LogP contribution in [0.2, 0.25) is 0 Å². The first-order chi connectivity index (χ1) is 23.8. The van der Waals surface area contributed by atoms with Crippen LogP contribution in [0.1, 0.15) is 79.6 Å². The molecule has 0 aromatic heterocycles. The average molecular weight is 859 g/mol. The van der Waals surface area contributed by atoms with Crippen LogP contribution in [-0.4, -0.2) is 48.0 Å². The second-order valence-corrected chi connectivity index (χ2v) is 14.5. The van der Waals surface area contributed by atoms with Crippen LogP contribution in [0.3, 0.4) is 0 Å². The van der Waals surface area contributed by atoms with Crippen LogP contribution in [0.5, 0.6) is 0 Å². The summed E-state index contributed by atoms with van der Waals surface area (Å²) < 4.78 is 4.37. The molecule has 0 N–H and O–H groups in total. The maximum atomic E-state index is 11.7. The first-order valence-corrected chi connectivity index (χ1v) is 18.0. The molecule has 0 atom stereocenters. The normalized spacial score (nSPS) is 13.6. The molecule has 4 aromatic rings. The van der Waals surface area contributed by atoms with E-state index in [4.69, 9.17) is 0 Å². The summed E-state index contributed by atoms with van der Waals surface area (Å²) in [6.07, 6.45) is 9.19. The molecule has 2 heterocycles. The van der Waals surface area contributed by atoms with Gasteiger partial charge in [-0.2, -0.15) is 0 Å². The number of hydrogen-bond acceptors (Lipinski definition) is 4. The summed E-state index contributed by atoms with van der Waals surface area (Å²) in [6, 6.07) is 17.2. The summed E-state index contributed by atoms with van der Waals surface area (Å²) >= 11 is 0. The van der Waals surface area contributed by atoms with Gasteiger partial charge in [0.15, 0.2) is 0 Å². The number of halogens is 2. The molecule has 0 amide bonds. The van der Waals surface area contributed by atoms with Crippen molar-refractivity contribution in [3.8, 4) is 0 Å². The molecule has 296 valence electrons. The molecule has 54 heavy (non-hydrogen) atoms. The Bertz CT molecular complexity index is 1930. The Balaban J connectivity index is 0.000000503. The van der Waals surface area contributed by atoms with Gasteiger partial charge in [-0.3, -0.25) is 0 Å². The van der Waals surface area contributed by atoms with Crippen molar-refractivity contribution in [2.45, 2.75) is 95.3 Å². The van der Waals surface area contributed by atoms with E-state index in [-0.39, 0.29) is 71.0 Å². The van der Waals surface area contributed by atoms with Crippen molar-refractivity contribution in [2.24, 2.45) is 0 Å². The zero-order chi connectivity index (χ0) is 36.3. The first-order valence-electron chi connectivity index (χ1n) is 18.0. The molecule has 0 aliphatic carbocycles. The van der Waals surface area contributed by atoms with Gasteiger partial charge in [-0.05, 0) is 69.2 Å². The third-order valence-corrected chi connectivity index (χ3v) is 9.72. The predicted octanol–water partition coefficient (Wildman–Crippen LogP) is 1.10. The van der Waals surface area contributed by atoms with Gasteiger partial charge in [0.05, 0.1) is 26.2 Å². The van der Waals surface area contributed by atoms with E-state index in [9.17, 15) is 10.2 Å². The molecule has 4 aromatic carbocycles. The number of hydrogen-bond donors (Lipinski definition) is 0. The quantitative estimate of drug-likeness (QED) is 0.166. The van der Waals surface area contributed by atoms with Gasteiger partial charge in [0, 0.05) is 35.6 Å². The van der Waals surface area contributed by atoms with E-state index in [0.717, 1.165) is 83.8 Å². The molecule has 2 aliphatic rings. The van der Waals surface area contributed by atoms with Crippen LogP contribution in [0.15, 0.2) is 48.5 Å². The fourth-order valence-corrected chi connectivity index (χ4v) is 8.20. The molecule has 10 heteroatoms. The minimum Gasteiger partial charge on any atom is -1.00 e. The van der Waals surface area contributed by atoms with E-state index < -0.39 is 0 Å². The maximum Gasteiger partial charge on any atom is 2.00 e. The standard InChI is InChI=1S/2C22H27N2O.2ClH.2Ni/c2*1-15-9-17(3)21(18(4)10-15)23-7-6-8-24(14-23)22-19(5)11-16(2)12-20(22)13-25;;;;/h2*9-12H,6-8,13H2,1-5H3;2*1H;;/q2*-1;;;2*+2/p-2. The molecule has 0 bridgehead atoms. The van der Waals surface area contributed by atoms with E-state index in [1.54, 1.807) is 0 Å². The van der Waals surface area contributed by atoms with Crippen LogP contribution in [-0.2, 0) is 46.2 Å². The van der Waals surface area contributed by atoms with Crippen LogP contribution >= 0.6 is 0 Å². The van der Waals surface area contributed by atoms with Crippen LogP contribution in [0, 0.1) is 69.2 Å². The molecule has 0 fully saturated rings. The zero-order valence-corrected chi connectivity index (χ0v) is 36.8. The fraction of sp³-hybridized carbons (Fsp3) is 0.409. The van der Waals surface area contributed by atoms with Gasteiger partial charge >= 0.3 is 33.0 Å². The first kappa shape index (κ1) is 49.3. The van der Waals surface area contributed by atoms with E-state index in [1.807, 2.05) is 26.0 Å². The van der Waals surface area contributed by atoms with Gasteiger partial charge in [-0.15, -0.1) is 13.2 Å². The smallest absolute Gasteiger partial charge is 1.00 e. The van der Waals surface area contributed by atoms with Gasteiger partial charge in [0.25, 0.3) is 0 Å². The van der Waals surface area contributed by atoms with E-state index in [1.165, 1.54) is 44.8 Å². The molecule has 0 spiro atoms. The monoisotopic (exact) mass is 856 g/mol. The Morgan fingerprint density at radius 3 is 1.26 bits per heavy atom. The van der Waals surface area contributed by atoms with Crippen LogP contribution < -0.4 is 44.8 Å². The zero-order valence-electron chi connectivity index (χ0n) is 33.3. The Labute approximate surface area is 357 Å². The van der Waals surface area contributed by atoms with E-state index in [2.05, 4.69) is 123 Å². The van der Waals surface area contributed by atoms with Gasteiger partial charge < -0.3 is 54.0 Å². The molecule has 6 rings (SSSR count). The number of aryl methyl sites for hydroxylation is 10. The number of benzene rings is 4. The number of rotatable bonds is 6. The van der Waals surface area contributed by atoms with Crippen molar-refractivity contribution in [3.05, 3.63) is 115 Å². The maximum absolute atomic E-state index is 11.7. The van der Waals surface area contributed by atoms with Gasteiger partial charge in [0.2, 0.25) is 12.7 Å².